The van der Waals surface area contributed by atoms with Gasteiger partial charge in [0.05, 0.1) is 0 Å². The number of carbonyl (C=O) groups is 1. The predicted octanol–water partition coefficient (Wildman–Crippen LogP) is 6.16. The molecule has 6 heteroatoms. The highest BCUT2D eigenvalue weighted by Crippen LogP contribution is 2.43. The Morgan fingerprint density at radius 3 is 2.44 bits per heavy atom. The lowest BCUT2D eigenvalue weighted by atomic mass is 9.89. The summed E-state index contributed by atoms with van der Waals surface area (Å²) in [7, 11) is 0. The highest BCUT2D eigenvalue weighted by molar-refractivity contribution is 7.99. The van der Waals surface area contributed by atoms with Crippen molar-refractivity contribution >= 4 is 17.7 Å². The zero-order chi connectivity index (χ0) is 23.3. The summed E-state index contributed by atoms with van der Waals surface area (Å²) in [6.45, 7) is -0.341. The minimum absolute atomic E-state index is 0.202. The second kappa shape index (κ2) is 10.2. The molecule has 1 aromatic heterocycles. The minimum atomic E-state index is -0.981. The van der Waals surface area contributed by atoms with Crippen molar-refractivity contribution in [3.63, 3.8) is 0 Å². The Kier molecular flexibility index (Phi) is 6.67. The molecule has 0 amide bonds. The maximum Gasteiger partial charge on any atom is 0.341 e. The average Bonchev–Trinajstić information content (AvgIpc) is 3.51. The standard InChI is InChI=1S/C28H25NO4S/c30-25(31)16-32-23-13-7-8-19(15-23)14-22-17-34-18-24(22)28-29-26(20-9-3-1-4-10-20)27(33-28)21-11-5-2-6-12-21/h1-13,15,22,24H,14,16-18H2,(H,30,31). The fraction of sp³-hybridized carbons (Fsp3) is 0.214. The number of carboxylic acids is 1. The fourth-order valence-corrected chi connectivity index (χ4v) is 5.81. The molecule has 5 nitrogen and oxygen atoms in total. The van der Waals surface area contributed by atoms with Gasteiger partial charge in [-0.15, -0.1) is 0 Å². The van der Waals surface area contributed by atoms with E-state index < -0.39 is 5.97 Å². The number of carboxylic acid groups (broad SMARTS) is 1. The third-order valence-corrected chi connectivity index (χ3v) is 7.26. The third-order valence-electron chi connectivity index (χ3n) is 6.00. The van der Waals surface area contributed by atoms with Gasteiger partial charge < -0.3 is 14.3 Å². The van der Waals surface area contributed by atoms with Crippen molar-refractivity contribution in [2.24, 2.45) is 5.92 Å². The van der Waals surface area contributed by atoms with Crippen molar-refractivity contribution in [3.05, 3.63) is 96.4 Å². The van der Waals surface area contributed by atoms with Crippen LogP contribution >= 0.6 is 11.8 Å². The first-order chi connectivity index (χ1) is 16.7. The fourth-order valence-electron chi connectivity index (χ4n) is 4.35. The van der Waals surface area contributed by atoms with E-state index in [2.05, 4.69) is 30.3 Å². The topological polar surface area (TPSA) is 72.6 Å². The number of ether oxygens (including phenoxy) is 1. The number of nitrogens with zero attached hydrogens (tertiary/aromatic N) is 1. The second-order valence-corrected chi connectivity index (χ2v) is 9.47. The van der Waals surface area contributed by atoms with Crippen molar-refractivity contribution in [2.45, 2.75) is 12.3 Å². The number of aromatic nitrogens is 1. The van der Waals surface area contributed by atoms with Gasteiger partial charge in [0.1, 0.15) is 11.4 Å². The molecule has 1 aliphatic heterocycles. The molecular weight excluding hydrogens is 446 g/mol. The minimum Gasteiger partial charge on any atom is -0.482 e. The smallest absolute Gasteiger partial charge is 0.341 e. The first-order valence-corrected chi connectivity index (χ1v) is 12.5. The van der Waals surface area contributed by atoms with E-state index in [4.69, 9.17) is 19.2 Å². The van der Waals surface area contributed by atoms with Gasteiger partial charge >= 0.3 is 5.97 Å². The van der Waals surface area contributed by atoms with Gasteiger partial charge in [0.15, 0.2) is 18.3 Å². The van der Waals surface area contributed by atoms with Gasteiger partial charge in [-0.3, -0.25) is 0 Å². The number of hydrogen-bond donors (Lipinski definition) is 1. The number of rotatable bonds is 8. The van der Waals surface area contributed by atoms with E-state index in [0.29, 0.717) is 11.7 Å². The summed E-state index contributed by atoms with van der Waals surface area (Å²) < 4.78 is 11.8. The second-order valence-electron chi connectivity index (χ2n) is 8.40. The van der Waals surface area contributed by atoms with Gasteiger partial charge in [0.2, 0.25) is 0 Å². The summed E-state index contributed by atoms with van der Waals surface area (Å²) in [5.41, 5.74) is 4.06. The van der Waals surface area contributed by atoms with Crippen LogP contribution in [0.4, 0.5) is 0 Å². The summed E-state index contributed by atoms with van der Waals surface area (Å²) in [4.78, 5) is 15.9. The molecule has 5 rings (SSSR count). The largest absolute Gasteiger partial charge is 0.482 e. The van der Waals surface area contributed by atoms with Crippen molar-refractivity contribution in [2.75, 3.05) is 18.1 Å². The van der Waals surface area contributed by atoms with Crippen LogP contribution in [0, 0.1) is 5.92 Å². The molecule has 34 heavy (non-hydrogen) atoms. The van der Waals surface area contributed by atoms with Gasteiger partial charge in [0.25, 0.3) is 0 Å². The molecule has 1 saturated heterocycles. The lowest BCUT2D eigenvalue weighted by Gasteiger charge is -2.16. The Hall–Kier alpha value is -3.51. The van der Waals surface area contributed by atoms with E-state index in [1.807, 2.05) is 60.3 Å². The molecule has 2 heterocycles. The molecule has 1 aliphatic rings. The Labute approximate surface area is 202 Å². The van der Waals surface area contributed by atoms with E-state index >= 15 is 0 Å². The van der Waals surface area contributed by atoms with Gasteiger partial charge in [-0.05, 0) is 35.8 Å². The Bertz CT molecular complexity index is 1200. The van der Waals surface area contributed by atoms with Crippen molar-refractivity contribution < 1.29 is 19.1 Å². The maximum atomic E-state index is 10.8. The number of oxazole rings is 1. The van der Waals surface area contributed by atoms with E-state index in [0.717, 1.165) is 52.0 Å². The zero-order valence-electron chi connectivity index (χ0n) is 18.6. The van der Waals surface area contributed by atoms with Crippen molar-refractivity contribution in [1.29, 1.82) is 0 Å². The average molecular weight is 472 g/mol. The van der Waals surface area contributed by atoms with Gasteiger partial charge in [-0.1, -0.05) is 72.8 Å². The first kappa shape index (κ1) is 22.3. The molecule has 0 radical (unpaired) electrons. The Balaban J connectivity index is 1.43. The van der Waals surface area contributed by atoms with Crippen LogP contribution in [0.3, 0.4) is 0 Å². The van der Waals surface area contributed by atoms with Crippen LogP contribution in [0.1, 0.15) is 17.4 Å². The number of benzene rings is 3. The zero-order valence-corrected chi connectivity index (χ0v) is 19.4. The molecule has 2 unspecified atom stereocenters. The van der Waals surface area contributed by atoms with Gasteiger partial charge in [-0.25, -0.2) is 9.78 Å². The molecule has 0 aliphatic carbocycles. The lowest BCUT2D eigenvalue weighted by Crippen LogP contribution is -2.14. The first-order valence-electron chi connectivity index (χ1n) is 11.3. The highest BCUT2D eigenvalue weighted by atomic mass is 32.2. The summed E-state index contributed by atoms with van der Waals surface area (Å²) in [5.74, 6) is 3.74. The quantitative estimate of drug-likeness (QED) is 0.332. The van der Waals surface area contributed by atoms with Crippen molar-refractivity contribution in [1.82, 2.24) is 4.98 Å². The van der Waals surface area contributed by atoms with Gasteiger partial charge in [-0.2, -0.15) is 11.8 Å². The Morgan fingerprint density at radius 1 is 0.971 bits per heavy atom. The van der Waals surface area contributed by atoms with Crippen LogP contribution in [0.25, 0.3) is 22.6 Å². The molecule has 4 aromatic rings. The monoisotopic (exact) mass is 471 g/mol. The molecule has 2 atom stereocenters. The normalized spacial score (nSPS) is 17.5. The molecular formula is C28H25NO4S. The van der Waals surface area contributed by atoms with Crippen LogP contribution in [0.5, 0.6) is 5.75 Å². The van der Waals surface area contributed by atoms with Crippen molar-refractivity contribution in [3.8, 4) is 28.3 Å². The molecule has 172 valence electrons. The molecule has 1 fully saturated rings. The lowest BCUT2D eigenvalue weighted by molar-refractivity contribution is -0.139. The number of hydrogen-bond acceptors (Lipinski definition) is 5. The summed E-state index contributed by atoms with van der Waals surface area (Å²) in [6.07, 6.45) is 0.853. The van der Waals surface area contributed by atoms with Gasteiger partial charge in [0, 0.05) is 22.8 Å². The van der Waals surface area contributed by atoms with E-state index in [9.17, 15) is 4.79 Å². The molecule has 3 aromatic carbocycles. The van der Waals surface area contributed by atoms with E-state index in [1.54, 1.807) is 6.07 Å². The summed E-state index contributed by atoms with van der Waals surface area (Å²) >= 11 is 1.92. The Morgan fingerprint density at radius 2 is 1.71 bits per heavy atom. The maximum absolute atomic E-state index is 10.8. The predicted molar refractivity (Wildman–Crippen MR) is 134 cm³/mol. The van der Waals surface area contributed by atoms with Crippen LogP contribution in [-0.2, 0) is 11.2 Å². The molecule has 0 saturated carbocycles. The molecule has 1 N–H and O–H groups in total. The van der Waals surface area contributed by atoms with Crippen LogP contribution in [0.15, 0.2) is 89.3 Å². The van der Waals surface area contributed by atoms with Crippen LogP contribution < -0.4 is 4.74 Å². The summed E-state index contributed by atoms with van der Waals surface area (Å²) in [6, 6.07) is 28.0. The number of thioether (sulfide) groups is 1. The molecule has 0 bridgehead atoms. The van der Waals surface area contributed by atoms with E-state index in [1.165, 1.54) is 0 Å². The van der Waals surface area contributed by atoms with E-state index in [-0.39, 0.29) is 12.5 Å². The van der Waals surface area contributed by atoms with Crippen LogP contribution in [-0.4, -0.2) is 34.2 Å². The highest BCUT2D eigenvalue weighted by Gasteiger charge is 2.34. The number of aliphatic carboxylic acids is 1. The molecule has 0 spiro atoms. The third kappa shape index (κ3) is 5.02. The summed E-state index contributed by atoms with van der Waals surface area (Å²) in [5, 5.41) is 8.88. The SMILES string of the molecule is O=C(O)COc1cccc(CC2CSCC2c2nc(-c3ccccc3)c(-c3ccccc3)o2)c1. The van der Waals surface area contributed by atoms with Crippen LogP contribution in [0.2, 0.25) is 0 Å².